The van der Waals surface area contributed by atoms with Crippen LogP contribution in [-0.2, 0) is 13.0 Å². The van der Waals surface area contributed by atoms with Crippen LogP contribution in [0.1, 0.15) is 38.4 Å². The maximum absolute atomic E-state index is 4.38. The van der Waals surface area contributed by atoms with Crippen LogP contribution in [0.15, 0.2) is 6.33 Å². The van der Waals surface area contributed by atoms with Crippen LogP contribution in [0.4, 0.5) is 0 Å². The second kappa shape index (κ2) is 3.84. The molecule has 2 aliphatic rings. The highest BCUT2D eigenvalue weighted by Crippen LogP contribution is 2.47. The maximum Gasteiger partial charge on any atom is 0.138 e. The third-order valence-corrected chi connectivity index (χ3v) is 3.83. The second-order valence-electron chi connectivity index (χ2n) is 5.32. The normalized spacial score (nSPS) is 22.3. The molecule has 1 aromatic heterocycles. The number of hydrogen-bond donors (Lipinski definition) is 1. The van der Waals surface area contributed by atoms with Crippen molar-refractivity contribution in [1.82, 2.24) is 20.1 Å². The molecule has 0 unspecified atom stereocenters. The largest absolute Gasteiger partial charge is 0.313 e. The van der Waals surface area contributed by atoms with Gasteiger partial charge in [0, 0.05) is 25.6 Å². The number of hydrogen-bond acceptors (Lipinski definition) is 3. The van der Waals surface area contributed by atoms with Gasteiger partial charge in [-0.25, -0.2) is 4.98 Å². The van der Waals surface area contributed by atoms with Crippen molar-refractivity contribution >= 4 is 0 Å². The van der Waals surface area contributed by atoms with Crippen LogP contribution in [0.3, 0.4) is 0 Å². The first-order valence-electron chi connectivity index (χ1n) is 6.41. The number of nitrogens with zero attached hydrogens (tertiary/aromatic N) is 3. The summed E-state index contributed by atoms with van der Waals surface area (Å²) in [6.45, 7) is 4.23. The Hall–Kier alpha value is -0.900. The van der Waals surface area contributed by atoms with Gasteiger partial charge in [-0.1, -0.05) is 0 Å². The molecule has 88 valence electrons. The molecule has 16 heavy (non-hydrogen) atoms. The molecule has 0 amide bonds. The summed E-state index contributed by atoms with van der Waals surface area (Å²) in [5.41, 5.74) is 0.503. The van der Waals surface area contributed by atoms with Gasteiger partial charge in [0.1, 0.15) is 12.2 Å². The zero-order valence-corrected chi connectivity index (χ0v) is 9.95. The van der Waals surface area contributed by atoms with Crippen molar-refractivity contribution < 1.29 is 0 Å². The minimum Gasteiger partial charge on any atom is -0.313 e. The fourth-order valence-corrected chi connectivity index (χ4v) is 2.27. The van der Waals surface area contributed by atoms with Gasteiger partial charge in [-0.3, -0.25) is 4.68 Å². The fourth-order valence-electron chi connectivity index (χ4n) is 2.27. The minimum absolute atomic E-state index is 0.503. The van der Waals surface area contributed by atoms with Crippen LogP contribution in [0, 0.1) is 5.41 Å². The lowest BCUT2D eigenvalue weighted by Gasteiger charge is -2.15. The van der Waals surface area contributed by atoms with Crippen molar-refractivity contribution in [2.45, 2.75) is 51.6 Å². The molecule has 4 nitrogen and oxygen atoms in total. The van der Waals surface area contributed by atoms with Crippen LogP contribution < -0.4 is 5.32 Å². The zero-order valence-electron chi connectivity index (χ0n) is 9.95. The molecule has 2 fully saturated rings. The van der Waals surface area contributed by atoms with Crippen LogP contribution in [-0.4, -0.2) is 27.4 Å². The number of aryl methyl sites for hydroxylation is 1. The first-order chi connectivity index (χ1) is 7.81. The summed E-state index contributed by atoms with van der Waals surface area (Å²) in [7, 11) is 0. The van der Waals surface area contributed by atoms with Crippen LogP contribution in [0.2, 0.25) is 0 Å². The van der Waals surface area contributed by atoms with Gasteiger partial charge in [0.05, 0.1) is 0 Å². The van der Waals surface area contributed by atoms with E-state index in [1.54, 1.807) is 6.33 Å². The van der Waals surface area contributed by atoms with Crippen molar-refractivity contribution in [2.24, 2.45) is 5.41 Å². The Balaban J connectivity index is 1.60. The summed E-state index contributed by atoms with van der Waals surface area (Å²) < 4.78 is 2.02. The third kappa shape index (κ3) is 2.12. The van der Waals surface area contributed by atoms with E-state index in [-0.39, 0.29) is 0 Å². The molecule has 1 N–H and O–H groups in total. The Labute approximate surface area is 96.4 Å². The molecule has 0 radical (unpaired) electrons. The summed E-state index contributed by atoms with van der Waals surface area (Å²) in [6, 6.07) is 0.821. The number of aromatic nitrogens is 3. The maximum atomic E-state index is 4.38. The van der Waals surface area contributed by atoms with E-state index in [9.17, 15) is 0 Å². The predicted octanol–water partition coefficient (Wildman–Crippen LogP) is 1.37. The summed E-state index contributed by atoms with van der Waals surface area (Å²) in [4.78, 5) is 4.38. The molecular weight excluding hydrogens is 200 g/mol. The summed E-state index contributed by atoms with van der Waals surface area (Å²) >= 11 is 0. The van der Waals surface area contributed by atoms with Crippen molar-refractivity contribution in [3.05, 3.63) is 12.2 Å². The Morgan fingerprint density at radius 1 is 1.50 bits per heavy atom. The van der Waals surface area contributed by atoms with Gasteiger partial charge < -0.3 is 5.32 Å². The van der Waals surface area contributed by atoms with E-state index in [4.69, 9.17) is 0 Å². The molecule has 0 aromatic carbocycles. The lowest BCUT2D eigenvalue weighted by Crippen LogP contribution is -2.28. The van der Waals surface area contributed by atoms with E-state index in [0.29, 0.717) is 5.41 Å². The predicted molar refractivity (Wildman–Crippen MR) is 62.1 cm³/mol. The Morgan fingerprint density at radius 2 is 2.31 bits per heavy atom. The highest BCUT2D eigenvalue weighted by atomic mass is 15.3. The van der Waals surface area contributed by atoms with Gasteiger partial charge >= 0.3 is 0 Å². The van der Waals surface area contributed by atoms with E-state index in [1.807, 2.05) is 4.68 Å². The average molecular weight is 220 g/mol. The first kappa shape index (κ1) is 10.3. The van der Waals surface area contributed by atoms with Crippen molar-refractivity contribution in [3.8, 4) is 0 Å². The molecule has 2 aliphatic carbocycles. The SMILES string of the molecule is CCn1ncnc1CC1(CNC2CC2)CC1. The van der Waals surface area contributed by atoms with E-state index in [1.165, 1.54) is 32.2 Å². The van der Waals surface area contributed by atoms with Crippen molar-refractivity contribution in [3.63, 3.8) is 0 Å². The summed E-state index contributed by atoms with van der Waals surface area (Å²) in [5, 5.41) is 7.89. The van der Waals surface area contributed by atoms with Gasteiger partial charge in [-0.05, 0) is 38.0 Å². The third-order valence-electron chi connectivity index (χ3n) is 3.83. The average Bonchev–Trinajstić information content (AvgIpc) is 3.17. The first-order valence-corrected chi connectivity index (χ1v) is 6.41. The zero-order chi connectivity index (χ0) is 11.0. The second-order valence-corrected chi connectivity index (χ2v) is 5.32. The van der Waals surface area contributed by atoms with Crippen molar-refractivity contribution in [1.29, 1.82) is 0 Å². The smallest absolute Gasteiger partial charge is 0.138 e. The summed E-state index contributed by atoms with van der Waals surface area (Å²) in [6.07, 6.45) is 8.23. The Morgan fingerprint density at radius 3 is 2.94 bits per heavy atom. The lowest BCUT2D eigenvalue weighted by molar-refractivity contribution is 0.430. The molecule has 0 saturated heterocycles. The molecule has 2 saturated carbocycles. The highest BCUT2D eigenvalue weighted by Gasteiger charge is 2.44. The quantitative estimate of drug-likeness (QED) is 0.787. The van der Waals surface area contributed by atoms with E-state index < -0.39 is 0 Å². The van der Waals surface area contributed by atoms with Gasteiger partial charge in [-0.2, -0.15) is 5.10 Å². The van der Waals surface area contributed by atoms with Crippen LogP contribution >= 0.6 is 0 Å². The summed E-state index contributed by atoms with van der Waals surface area (Å²) in [5.74, 6) is 1.16. The van der Waals surface area contributed by atoms with E-state index >= 15 is 0 Å². The minimum atomic E-state index is 0.503. The van der Waals surface area contributed by atoms with E-state index in [2.05, 4.69) is 22.3 Å². The monoisotopic (exact) mass is 220 g/mol. The lowest BCUT2D eigenvalue weighted by atomic mass is 10.0. The fraction of sp³-hybridized carbons (Fsp3) is 0.833. The molecule has 4 heteroatoms. The number of nitrogens with one attached hydrogen (secondary N) is 1. The standard InChI is InChI=1S/C12H20N4/c1-2-16-11(14-9-15-16)7-12(5-6-12)8-13-10-3-4-10/h9-10,13H,2-8H2,1H3. The Bertz CT molecular complexity index is 363. The van der Waals surface area contributed by atoms with Gasteiger partial charge in [0.2, 0.25) is 0 Å². The van der Waals surface area contributed by atoms with Crippen molar-refractivity contribution in [2.75, 3.05) is 6.54 Å². The molecule has 3 rings (SSSR count). The molecule has 0 aliphatic heterocycles. The molecule has 0 bridgehead atoms. The molecule has 0 spiro atoms. The van der Waals surface area contributed by atoms with Gasteiger partial charge in [-0.15, -0.1) is 0 Å². The van der Waals surface area contributed by atoms with E-state index in [0.717, 1.165) is 24.8 Å². The topological polar surface area (TPSA) is 42.7 Å². The molecule has 0 atom stereocenters. The van der Waals surface area contributed by atoms with Gasteiger partial charge in [0.25, 0.3) is 0 Å². The van der Waals surface area contributed by atoms with Gasteiger partial charge in [0.15, 0.2) is 0 Å². The van der Waals surface area contributed by atoms with Crippen LogP contribution in [0.25, 0.3) is 0 Å². The molecule has 1 heterocycles. The Kier molecular flexibility index (Phi) is 2.46. The van der Waals surface area contributed by atoms with Crippen LogP contribution in [0.5, 0.6) is 0 Å². The number of rotatable bonds is 6. The molecule has 1 aromatic rings. The molecular formula is C12H20N4. The highest BCUT2D eigenvalue weighted by molar-refractivity contribution is 5.04.